The molecule has 0 aliphatic carbocycles. The van der Waals surface area contributed by atoms with E-state index in [-0.39, 0.29) is 6.61 Å². The zero-order valence-corrected chi connectivity index (χ0v) is 14.8. The van der Waals surface area contributed by atoms with Gasteiger partial charge in [0.05, 0.1) is 24.5 Å². The highest BCUT2D eigenvalue weighted by molar-refractivity contribution is 5.66. The number of hydrogen-bond acceptors (Lipinski definition) is 4. The summed E-state index contributed by atoms with van der Waals surface area (Å²) in [7, 11) is 0. The molecule has 2 aromatic heterocycles. The van der Waals surface area contributed by atoms with Crippen LogP contribution in [0.25, 0.3) is 5.82 Å². The van der Waals surface area contributed by atoms with Crippen molar-refractivity contribution in [3.8, 4) is 5.82 Å². The van der Waals surface area contributed by atoms with Crippen molar-refractivity contribution < 1.29 is 15.0 Å². The molecule has 0 aromatic carbocycles. The summed E-state index contributed by atoms with van der Waals surface area (Å²) in [4.78, 5) is 19.3. The summed E-state index contributed by atoms with van der Waals surface area (Å²) in [6.45, 7) is 7.38. The number of rotatable bonds is 3. The number of piperazine rings is 1. The first kappa shape index (κ1) is 17.3. The van der Waals surface area contributed by atoms with Gasteiger partial charge in [0.2, 0.25) is 0 Å². The standard InChI is InChI=1S/C18H24N4O3/c1-12-8-17(22-13(2)4-5-14(22)3)19-9-16(12)20-6-7-21(18(24)25)15(10-20)11-23/h4-5,8-9,15,23H,6-7,10-11H2,1-3H3,(H,24,25). The van der Waals surface area contributed by atoms with Crippen LogP contribution in [0, 0.1) is 20.8 Å². The van der Waals surface area contributed by atoms with Gasteiger partial charge in [-0.05, 0) is 44.5 Å². The maximum absolute atomic E-state index is 11.3. The number of aliphatic hydroxyl groups is 1. The van der Waals surface area contributed by atoms with Crippen molar-refractivity contribution in [1.82, 2.24) is 14.5 Å². The van der Waals surface area contributed by atoms with Crippen LogP contribution in [0.15, 0.2) is 24.4 Å². The average molecular weight is 344 g/mol. The van der Waals surface area contributed by atoms with Crippen LogP contribution in [0.2, 0.25) is 0 Å². The van der Waals surface area contributed by atoms with Crippen LogP contribution in [-0.4, -0.2) is 63.0 Å². The second kappa shape index (κ2) is 6.76. The summed E-state index contributed by atoms with van der Waals surface area (Å²) in [6, 6.07) is 5.76. The fraction of sp³-hybridized carbons (Fsp3) is 0.444. The highest BCUT2D eigenvalue weighted by Gasteiger charge is 2.30. The fourth-order valence-electron chi connectivity index (χ4n) is 3.50. The summed E-state index contributed by atoms with van der Waals surface area (Å²) in [5.74, 6) is 0.879. The number of aryl methyl sites for hydroxylation is 3. The number of carboxylic acid groups (broad SMARTS) is 1. The smallest absolute Gasteiger partial charge is 0.407 e. The minimum absolute atomic E-state index is 0.185. The molecular weight excluding hydrogens is 320 g/mol. The maximum Gasteiger partial charge on any atom is 0.407 e. The molecule has 134 valence electrons. The van der Waals surface area contributed by atoms with E-state index < -0.39 is 12.1 Å². The maximum atomic E-state index is 11.3. The molecular formula is C18H24N4O3. The van der Waals surface area contributed by atoms with Gasteiger partial charge in [-0.15, -0.1) is 0 Å². The minimum Gasteiger partial charge on any atom is -0.465 e. The Labute approximate surface area is 147 Å². The Balaban J connectivity index is 1.86. The summed E-state index contributed by atoms with van der Waals surface area (Å²) in [6.07, 6.45) is 0.858. The highest BCUT2D eigenvalue weighted by atomic mass is 16.4. The molecule has 1 aliphatic rings. The van der Waals surface area contributed by atoms with Crippen LogP contribution in [0.5, 0.6) is 0 Å². The Kier molecular flexibility index (Phi) is 4.67. The molecule has 2 N–H and O–H groups in total. The zero-order valence-electron chi connectivity index (χ0n) is 14.8. The Morgan fingerprint density at radius 1 is 1.24 bits per heavy atom. The molecule has 1 amide bonds. The molecule has 0 saturated carbocycles. The van der Waals surface area contributed by atoms with Crippen molar-refractivity contribution >= 4 is 11.8 Å². The van der Waals surface area contributed by atoms with E-state index in [1.807, 2.05) is 19.2 Å². The molecule has 1 atom stereocenters. The number of nitrogens with zero attached hydrogens (tertiary/aromatic N) is 4. The predicted octanol–water partition coefficient (Wildman–Crippen LogP) is 1.96. The lowest BCUT2D eigenvalue weighted by Gasteiger charge is -2.40. The number of hydrogen-bond donors (Lipinski definition) is 2. The van der Waals surface area contributed by atoms with Gasteiger partial charge in [0.15, 0.2) is 0 Å². The van der Waals surface area contributed by atoms with Crippen LogP contribution in [0.3, 0.4) is 0 Å². The Morgan fingerprint density at radius 2 is 1.92 bits per heavy atom. The first-order valence-corrected chi connectivity index (χ1v) is 8.39. The van der Waals surface area contributed by atoms with Gasteiger partial charge in [0, 0.05) is 31.0 Å². The summed E-state index contributed by atoms with van der Waals surface area (Å²) < 4.78 is 2.11. The number of aliphatic hydroxyl groups excluding tert-OH is 1. The van der Waals surface area contributed by atoms with Crippen LogP contribution in [-0.2, 0) is 0 Å². The fourth-order valence-corrected chi connectivity index (χ4v) is 3.50. The van der Waals surface area contributed by atoms with Crippen LogP contribution in [0.4, 0.5) is 10.5 Å². The third-order valence-corrected chi connectivity index (χ3v) is 4.85. The molecule has 25 heavy (non-hydrogen) atoms. The van der Waals surface area contributed by atoms with Gasteiger partial charge in [-0.25, -0.2) is 9.78 Å². The molecule has 1 unspecified atom stereocenters. The van der Waals surface area contributed by atoms with Crippen molar-refractivity contribution in [2.45, 2.75) is 26.8 Å². The third kappa shape index (κ3) is 3.19. The van der Waals surface area contributed by atoms with Crippen LogP contribution < -0.4 is 4.90 Å². The normalized spacial score (nSPS) is 17.8. The molecule has 3 rings (SSSR count). The molecule has 7 nitrogen and oxygen atoms in total. The Morgan fingerprint density at radius 3 is 2.48 bits per heavy atom. The minimum atomic E-state index is -0.984. The van der Waals surface area contributed by atoms with E-state index >= 15 is 0 Å². The molecule has 1 saturated heterocycles. The number of aromatic nitrogens is 2. The molecule has 7 heteroatoms. The molecule has 1 fully saturated rings. The Hall–Kier alpha value is -2.54. The number of pyridine rings is 1. The summed E-state index contributed by atoms with van der Waals surface area (Å²) in [5.41, 5.74) is 4.33. The number of carbonyl (C=O) groups is 1. The van der Waals surface area contributed by atoms with Crippen molar-refractivity contribution in [3.63, 3.8) is 0 Å². The van der Waals surface area contributed by atoms with Gasteiger partial charge in [-0.1, -0.05) is 0 Å². The van der Waals surface area contributed by atoms with E-state index in [1.54, 1.807) is 0 Å². The quantitative estimate of drug-likeness (QED) is 0.889. The first-order valence-electron chi connectivity index (χ1n) is 8.39. The van der Waals surface area contributed by atoms with Crippen LogP contribution >= 0.6 is 0 Å². The van der Waals surface area contributed by atoms with E-state index in [9.17, 15) is 15.0 Å². The Bertz CT molecular complexity index is 767. The van der Waals surface area contributed by atoms with E-state index in [1.165, 1.54) is 4.90 Å². The largest absolute Gasteiger partial charge is 0.465 e. The molecule has 0 spiro atoms. The van der Waals surface area contributed by atoms with Crippen LogP contribution in [0.1, 0.15) is 17.0 Å². The van der Waals surface area contributed by atoms with E-state index in [0.29, 0.717) is 19.6 Å². The number of anilines is 1. The van der Waals surface area contributed by atoms with E-state index in [4.69, 9.17) is 0 Å². The number of amides is 1. The van der Waals surface area contributed by atoms with Gasteiger partial charge >= 0.3 is 6.09 Å². The van der Waals surface area contributed by atoms with Gasteiger partial charge < -0.3 is 19.7 Å². The van der Waals surface area contributed by atoms with Crippen molar-refractivity contribution in [3.05, 3.63) is 41.3 Å². The van der Waals surface area contributed by atoms with Crippen molar-refractivity contribution in [1.29, 1.82) is 0 Å². The highest BCUT2D eigenvalue weighted by Crippen LogP contribution is 2.25. The topological polar surface area (TPSA) is 81.8 Å². The summed E-state index contributed by atoms with van der Waals surface area (Å²) in [5, 5.41) is 18.8. The van der Waals surface area contributed by atoms with E-state index in [2.05, 4.69) is 40.4 Å². The molecule has 0 radical (unpaired) electrons. The van der Waals surface area contributed by atoms with Gasteiger partial charge in [-0.3, -0.25) is 4.90 Å². The first-order chi connectivity index (χ1) is 11.9. The molecule has 3 heterocycles. The van der Waals surface area contributed by atoms with Crippen molar-refractivity contribution in [2.24, 2.45) is 0 Å². The zero-order chi connectivity index (χ0) is 18.1. The van der Waals surface area contributed by atoms with Crippen molar-refractivity contribution in [2.75, 3.05) is 31.1 Å². The average Bonchev–Trinajstić information content (AvgIpc) is 2.92. The van der Waals surface area contributed by atoms with Gasteiger partial charge in [0.25, 0.3) is 0 Å². The predicted molar refractivity (Wildman–Crippen MR) is 95.6 cm³/mol. The lowest BCUT2D eigenvalue weighted by molar-refractivity contribution is 0.0910. The second-order valence-corrected chi connectivity index (χ2v) is 6.54. The van der Waals surface area contributed by atoms with Gasteiger partial charge in [0.1, 0.15) is 5.82 Å². The van der Waals surface area contributed by atoms with Gasteiger partial charge in [-0.2, -0.15) is 0 Å². The summed E-state index contributed by atoms with van der Waals surface area (Å²) >= 11 is 0. The second-order valence-electron chi connectivity index (χ2n) is 6.54. The third-order valence-electron chi connectivity index (χ3n) is 4.85. The lowest BCUT2D eigenvalue weighted by atomic mass is 10.1. The van der Waals surface area contributed by atoms with E-state index in [0.717, 1.165) is 28.5 Å². The molecule has 2 aromatic rings. The molecule has 1 aliphatic heterocycles. The molecule has 0 bridgehead atoms. The lowest BCUT2D eigenvalue weighted by Crippen LogP contribution is -2.56. The SMILES string of the molecule is Cc1cc(-n2c(C)ccc2C)ncc1N1CCN(C(=O)O)C(CO)C1. The monoisotopic (exact) mass is 344 g/mol.